The zero-order chi connectivity index (χ0) is 30.2. The van der Waals surface area contributed by atoms with Crippen molar-refractivity contribution in [2.75, 3.05) is 0 Å². The topological polar surface area (TPSA) is 17.6 Å². The molecular weight excluding hydrogens is 687 g/mol. The van der Waals surface area contributed by atoms with Gasteiger partial charge < -0.3 is 4.42 Å². The van der Waals surface area contributed by atoms with Gasteiger partial charge in [-0.05, 0) is 72.6 Å². The van der Waals surface area contributed by atoms with Gasteiger partial charge in [0.05, 0.1) is 26.6 Å². The Bertz CT molecular complexity index is 2120. The number of hydrogen-bond acceptors (Lipinski definition) is 1. The fourth-order valence-corrected chi connectivity index (χ4v) is 8.46. The van der Waals surface area contributed by atoms with Gasteiger partial charge in [0.2, 0.25) is 5.71 Å². The number of aryl methyl sites for hydroxylation is 1. The SMILES string of the molecule is Cc1cc(Cl)c(C(c2cc(Cl)c(-c3c4ccccc4n4c3oc3ccccc34)c(Cl)c2)c2c(Cl)cc(Cl)cc2Cl)c(Cl)c1. The minimum atomic E-state index is -0.612. The second kappa shape index (κ2) is 11.1. The monoisotopic (exact) mass is 701 g/mol. The van der Waals surface area contributed by atoms with Crippen LogP contribution in [0.4, 0.5) is 0 Å². The number of aromatic nitrogens is 1. The summed E-state index contributed by atoms with van der Waals surface area (Å²) in [6.07, 6.45) is 0. The number of rotatable bonds is 4. The maximum absolute atomic E-state index is 7.17. The van der Waals surface area contributed by atoms with Crippen LogP contribution in [0.3, 0.4) is 0 Å². The van der Waals surface area contributed by atoms with E-state index in [0.29, 0.717) is 63.1 Å². The molecule has 0 radical (unpaired) electrons. The summed E-state index contributed by atoms with van der Waals surface area (Å²) in [4.78, 5) is 0. The fraction of sp³-hybridized carbons (Fsp3) is 0.0588. The maximum atomic E-state index is 7.17. The molecule has 5 aromatic carbocycles. The zero-order valence-electron chi connectivity index (χ0n) is 22.2. The molecule has 0 amide bonds. The van der Waals surface area contributed by atoms with Crippen molar-refractivity contribution < 1.29 is 4.42 Å². The van der Waals surface area contributed by atoms with Crippen molar-refractivity contribution in [1.29, 1.82) is 0 Å². The first kappa shape index (κ1) is 29.2. The Balaban J connectivity index is 1.52. The second-order valence-corrected chi connectivity index (χ2v) is 13.2. The van der Waals surface area contributed by atoms with Gasteiger partial charge in [-0.3, -0.25) is 4.40 Å². The number of benzene rings is 5. The third-order valence-electron chi connectivity index (χ3n) is 7.64. The highest BCUT2D eigenvalue weighted by molar-refractivity contribution is 6.41. The summed E-state index contributed by atoms with van der Waals surface area (Å²) in [7, 11) is 0. The van der Waals surface area contributed by atoms with Gasteiger partial charge in [0.25, 0.3) is 0 Å². The van der Waals surface area contributed by atoms with Crippen LogP contribution in [0.2, 0.25) is 35.2 Å². The second-order valence-electron chi connectivity index (χ2n) is 10.3. The average molecular weight is 705 g/mol. The maximum Gasteiger partial charge on any atom is 0.213 e. The predicted molar refractivity (Wildman–Crippen MR) is 184 cm³/mol. The number of nitrogens with zero attached hydrogens (tertiary/aromatic N) is 1. The molecule has 2 aromatic heterocycles. The van der Waals surface area contributed by atoms with Crippen LogP contribution in [0.1, 0.15) is 28.2 Å². The predicted octanol–water partition coefficient (Wildman–Crippen LogP) is 13.6. The van der Waals surface area contributed by atoms with Crippen LogP contribution < -0.4 is 0 Å². The molecule has 2 nitrogen and oxygen atoms in total. The highest BCUT2D eigenvalue weighted by atomic mass is 35.5. The molecule has 0 spiro atoms. The summed E-state index contributed by atoms with van der Waals surface area (Å²) in [6.45, 7) is 1.92. The number of para-hydroxylation sites is 3. The molecule has 0 aliphatic heterocycles. The van der Waals surface area contributed by atoms with E-state index in [-0.39, 0.29) is 0 Å². The number of oxazole rings is 1. The molecule has 0 saturated carbocycles. The third-order valence-corrected chi connectivity index (χ3v) is 9.70. The van der Waals surface area contributed by atoms with E-state index in [1.807, 2.05) is 79.7 Å². The molecule has 7 rings (SSSR count). The Morgan fingerprint density at radius 1 is 0.581 bits per heavy atom. The number of hydrogen-bond donors (Lipinski definition) is 0. The quantitative estimate of drug-likeness (QED) is 0.167. The summed E-state index contributed by atoms with van der Waals surface area (Å²) in [5.74, 6) is -0.612. The highest BCUT2D eigenvalue weighted by Crippen LogP contribution is 2.50. The zero-order valence-corrected chi connectivity index (χ0v) is 27.5. The average Bonchev–Trinajstić information content (AvgIpc) is 3.46. The summed E-state index contributed by atoms with van der Waals surface area (Å²) in [6, 6.07) is 26.6. The van der Waals surface area contributed by atoms with Crippen molar-refractivity contribution in [3.05, 3.63) is 142 Å². The summed E-state index contributed by atoms with van der Waals surface area (Å²) >= 11 is 47.9. The van der Waals surface area contributed by atoms with Crippen LogP contribution in [0.25, 0.3) is 38.8 Å². The molecule has 0 fully saturated rings. The Kier molecular flexibility index (Phi) is 7.55. The van der Waals surface area contributed by atoms with Gasteiger partial charge in [-0.1, -0.05) is 112 Å². The van der Waals surface area contributed by atoms with E-state index in [2.05, 4.69) is 4.40 Å². The molecule has 214 valence electrons. The molecule has 43 heavy (non-hydrogen) atoms. The Morgan fingerprint density at radius 2 is 1.12 bits per heavy atom. The molecule has 0 aliphatic carbocycles. The number of fused-ring (bicyclic) bond motifs is 5. The van der Waals surface area contributed by atoms with Crippen molar-refractivity contribution >= 4 is 109 Å². The first-order valence-electron chi connectivity index (χ1n) is 13.1. The van der Waals surface area contributed by atoms with E-state index >= 15 is 0 Å². The number of halogens is 7. The van der Waals surface area contributed by atoms with Crippen molar-refractivity contribution in [3.8, 4) is 11.1 Å². The molecule has 7 aromatic rings. The van der Waals surface area contributed by atoms with Gasteiger partial charge in [0.1, 0.15) is 0 Å². The van der Waals surface area contributed by atoms with E-state index in [0.717, 1.165) is 33.1 Å². The summed E-state index contributed by atoms with van der Waals surface area (Å²) in [5, 5.41) is 3.79. The molecule has 0 aliphatic rings. The Hall–Kier alpha value is -2.53. The van der Waals surface area contributed by atoms with E-state index < -0.39 is 5.92 Å². The Morgan fingerprint density at radius 3 is 1.74 bits per heavy atom. The van der Waals surface area contributed by atoms with E-state index in [1.165, 1.54) is 0 Å². The standard InChI is InChI=1S/C34H18Cl7NO/c1-16-10-20(36)31(21(37)11-16)29(32-24(40)14-18(35)15-25(32)41)17-12-22(38)33(23(39)13-17)30-19-6-2-3-7-26(19)42-27-8-4-5-9-28(27)43-34(30)42/h2-15,29H,1H3. The molecule has 9 heteroatoms. The van der Waals surface area contributed by atoms with Crippen LogP contribution >= 0.6 is 81.2 Å². The fourth-order valence-electron chi connectivity index (χ4n) is 5.92. The minimum absolute atomic E-state index is 0.356. The molecule has 0 bridgehead atoms. The van der Waals surface area contributed by atoms with Gasteiger partial charge in [-0.2, -0.15) is 0 Å². The van der Waals surface area contributed by atoms with Crippen LogP contribution in [-0.2, 0) is 0 Å². The first-order valence-corrected chi connectivity index (χ1v) is 15.8. The smallest absolute Gasteiger partial charge is 0.213 e. The van der Waals surface area contributed by atoms with Crippen molar-refractivity contribution in [3.63, 3.8) is 0 Å². The molecule has 1 unspecified atom stereocenters. The van der Waals surface area contributed by atoms with Crippen molar-refractivity contribution in [2.45, 2.75) is 12.8 Å². The van der Waals surface area contributed by atoms with Gasteiger partial charge in [0.15, 0.2) is 5.58 Å². The third kappa shape index (κ3) is 4.80. The molecular formula is C34H18Cl7NO. The van der Waals surface area contributed by atoms with E-state index in [9.17, 15) is 0 Å². The van der Waals surface area contributed by atoms with Crippen molar-refractivity contribution in [2.24, 2.45) is 0 Å². The van der Waals surface area contributed by atoms with Gasteiger partial charge >= 0.3 is 0 Å². The first-order chi connectivity index (χ1) is 20.6. The minimum Gasteiger partial charge on any atom is -0.438 e. The Labute approximate surface area is 282 Å². The highest BCUT2D eigenvalue weighted by Gasteiger charge is 2.30. The lowest BCUT2D eigenvalue weighted by Gasteiger charge is -2.25. The van der Waals surface area contributed by atoms with Crippen LogP contribution in [-0.4, -0.2) is 4.40 Å². The van der Waals surface area contributed by atoms with Crippen LogP contribution in [0, 0.1) is 6.92 Å². The lowest BCUT2D eigenvalue weighted by atomic mass is 9.83. The van der Waals surface area contributed by atoms with Crippen LogP contribution in [0.15, 0.2) is 89.3 Å². The van der Waals surface area contributed by atoms with Crippen LogP contribution in [0.5, 0.6) is 0 Å². The van der Waals surface area contributed by atoms with Gasteiger partial charge in [0, 0.05) is 53.1 Å². The van der Waals surface area contributed by atoms with E-state index in [4.69, 9.17) is 85.6 Å². The largest absolute Gasteiger partial charge is 0.438 e. The molecule has 1 atom stereocenters. The van der Waals surface area contributed by atoms with Gasteiger partial charge in [-0.15, -0.1) is 0 Å². The van der Waals surface area contributed by atoms with Gasteiger partial charge in [-0.25, -0.2) is 0 Å². The molecule has 2 heterocycles. The lowest BCUT2D eigenvalue weighted by molar-refractivity contribution is 0.658. The molecule has 0 saturated heterocycles. The summed E-state index contributed by atoms with van der Waals surface area (Å²) < 4.78 is 8.48. The van der Waals surface area contributed by atoms with E-state index in [1.54, 1.807) is 12.1 Å². The normalized spacial score (nSPS) is 12.6. The lowest BCUT2D eigenvalue weighted by Crippen LogP contribution is -2.08. The summed E-state index contributed by atoms with van der Waals surface area (Å²) in [5.41, 5.74) is 7.55. The molecule has 0 N–H and O–H groups in total. The van der Waals surface area contributed by atoms with Crippen molar-refractivity contribution in [1.82, 2.24) is 4.40 Å².